The highest BCUT2D eigenvalue weighted by atomic mass is 32.2. The number of imide groups is 1. The lowest BCUT2D eigenvalue weighted by atomic mass is 10.1. The average molecular weight is 422 g/mol. The van der Waals surface area contributed by atoms with Crippen LogP contribution in [-0.4, -0.2) is 58.7 Å². The van der Waals surface area contributed by atoms with Crippen molar-refractivity contribution >= 4 is 35.6 Å². The van der Waals surface area contributed by atoms with Crippen molar-refractivity contribution in [3.63, 3.8) is 0 Å². The second kappa shape index (κ2) is 9.30. The van der Waals surface area contributed by atoms with Gasteiger partial charge < -0.3 is 15.0 Å². The first-order valence-corrected chi connectivity index (χ1v) is 10.4. The monoisotopic (exact) mass is 421 g/mol. The first-order valence-electron chi connectivity index (χ1n) is 9.39. The van der Waals surface area contributed by atoms with E-state index in [-0.39, 0.29) is 30.4 Å². The van der Waals surface area contributed by atoms with Crippen LogP contribution in [0, 0.1) is 0 Å². The van der Waals surface area contributed by atoms with Crippen molar-refractivity contribution in [1.29, 1.82) is 0 Å². The molecule has 1 aliphatic heterocycles. The number of benzene rings is 1. The van der Waals surface area contributed by atoms with E-state index in [9.17, 15) is 19.2 Å². The summed E-state index contributed by atoms with van der Waals surface area (Å²) in [6.45, 7) is 8.90. The van der Waals surface area contributed by atoms with Gasteiger partial charge in [0, 0.05) is 22.7 Å². The molecular weight excluding hydrogens is 394 g/mol. The topological polar surface area (TPSA) is 105 Å². The number of nitrogens with zero attached hydrogens (tertiary/aromatic N) is 1. The van der Waals surface area contributed by atoms with E-state index >= 15 is 0 Å². The SMILES string of the molecule is CC(C)N(C(=O)COC(=O)c1ccccc1SC[C@]1(C)NC(=O)NC1=O)C(C)C. The van der Waals surface area contributed by atoms with Crippen LogP contribution in [0.5, 0.6) is 0 Å². The molecule has 0 radical (unpaired) electrons. The molecule has 29 heavy (non-hydrogen) atoms. The van der Waals surface area contributed by atoms with Crippen molar-refractivity contribution in [2.24, 2.45) is 0 Å². The number of ether oxygens (including phenoxy) is 1. The molecule has 158 valence electrons. The highest BCUT2D eigenvalue weighted by Gasteiger charge is 2.42. The molecule has 0 saturated carbocycles. The Bertz CT molecular complexity index is 803. The summed E-state index contributed by atoms with van der Waals surface area (Å²) in [6, 6.07) is 6.25. The predicted molar refractivity (Wildman–Crippen MR) is 110 cm³/mol. The number of urea groups is 1. The van der Waals surface area contributed by atoms with Gasteiger partial charge >= 0.3 is 12.0 Å². The van der Waals surface area contributed by atoms with Gasteiger partial charge in [-0.2, -0.15) is 0 Å². The predicted octanol–water partition coefficient (Wildman–Crippen LogP) is 2.18. The zero-order valence-corrected chi connectivity index (χ0v) is 18.1. The molecule has 4 amide bonds. The van der Waals surface area contributed by atoms with E-state index in [1.165, 1.54) is 11.8 Å². The summed E-state index contributed by atoms with van der Waals surface area (Å²) in [5.41, 5.74) is -0.761. The van der Waals surface area contributed by atoms with Crippen LogP contribution >= 0.6 is 11.8 Å². The summed E-state index contributed by atoms with van der Waals surface area (Å²) in [7, 11) is 0. The third-order valence-corrected chi connectivity index (χ3v) is 5.86. The number of rotatable bonds is 8. The van der Waals surface area contributed by atoms with Gasteiger partial charge in [-0.05, 0) is 46.8 Å². The normalized spacial score (nSPS) is 18.6. The summed E-state index contributed by atoms with van der Waals surface area (Å²) < 4.78 is 5.25. The first-order chi connectivity index (χ1) is 13.5. The number of carbonyl (C=O) groups excluding carboxylic acids is 4. The summed E-state index contributed by atoms with van der Waals surface area (Å²) in [5.74, 6) is -1.05. The van der Waals surface area contributed by atoms with Gasteiger partial charge in [-0.25, -0.2) is 9.59 Å². The minimum absolute atomic E-state index is 0.00226. The number of carbonyl (C=O) groups is 4. The van der Waals surface area contributed by atoms with E-state index in [1.54, 1.807) is 36.1 Å². The highest BCUT2D eigenvalue weighted by Crippen LogP contribution is 2.28. The number of nitrogens with one attached hydrogen (secondary N) is 2. The molecule has 1 aliphatic rings. The Morgan fingerprint density at radius 3 is 2.31 bits per heavy atom. The molecule has 1 saturated heterocycles. The number of hydrogen-bond acceptors (Lipinski definition) is 6. The molecule has 0 aromatic heterocycles. The maximum Gasteiger partial charge on any atom is 0.339 e. The third kappa shape index (κ3) is 5.50. The summed E-state index contributed by atoms with van der Waals surface area (Å²) in [4.78, 5) is 50.6. The largest absolute Gasteiger partial charge is 0.452 e. The third-order valence-electron chi connectivity index (χ3n) is 4.47. The van der Waals surface area contributed by atoms with E-state index in [0.29, 0.717) is 10.5 Å². The summed E-state index contributed by atoms with van der Waals surface area (Å²) >= 11 is 1.26. The molecule has 1 aromatic carbocycles. The van der Waals surface area contributed by atoms with Crippen molar-refractivity contribution in [2.75, 3.05) is 12.4 Å². The molecule has 1 fully saturated rings. The van der Waals surface area contributed by atoms with Crippen molar-refractivity contribution in [3.05, 3.63) is 29.8 Å². The van der Waals surface area contributed by atoms with Gasteiger partial charge in [-0.15, -0.1) is 11.8 Å². The fourth-order valence-electron chi connectivity index (χ4n) is 3.12. The van der Waals surface area contributed by atoms with Gasteiger partial charge in [0.2, 0.25) is 0 Å². The smallest absolute Gasteiger partial charge is 0.339 e. The Balaban J connectivity index is 2.04. The average Bonchev–Trinajstić information content (AvgIpc) is 2.89. The fraction of sp³-hybridized carbons (Fsp3) is 0.500. The summed E-state index contributed by atoms with van der Waals surface area (Å²) in [5, 5.41) is 4.79. The zero-order chi connectivity index (χ0) is 21.8. The maximum atomic E-state index is 12.6. The maximum absolute atomic E-state index is 12.6. The lowest BCUT2D eigenvalue weighted by Gasteiger charge is -2.30. The van der Waals surface area contributed by atoms with Crippen LogP contribution in [0.2, 0.25) is 0 Å². The number of esters is 1. The molecular formula is C20H27N3O5S. The number of amides is 4. The molecule has 1 heterocycles. The van der Waals surface area contributed by atoms with Crippen molar-refractivity contribution in [2.45, 2.75) is 57.1 Å². The van der Waals surface area contributed by atoms with Crippen LogP contribution in [-0.2, 0) is 14.3 Å². The molecule has 2 rings (SSSR count). The lowest BCUT2D eigenvalue weighted by molar-refractivity contribution is -0.138. The second-order valence-electron chi connectivity index (χ2n) is 7.59. The molecule has 9 heteroatoms. The van der Waals surface area contributed by atoms with E-state index in [0.717, 1.165) is 0 Å². The Hall–Kier alpha value is -2.55. The Kier molecular flexibility index (Phi) is 7.29. The molecule has 1 aromatic rings. The van der Waals surface area contributed by atoms with Gasteiger partial charge in [0.25, 0.3) is 11.8 Å². The van der Waals surface area contributed by atoms with Crippen LogP contribution in [0.3, 0.4) is 0 Å². The number of thioether (sulfide) groups is 1. The highest BCUT2D eigenvalue weighted by molar-refractivity contribution is 7.99. The molecule has 0 aliphatic carbocycles. The quantitative estimate of drug-likeness (QED) is 0.379. The van der Waals surface area contributed by atoms with Gasteiger partial charge in [-0.3, -0.25) is 14.9 Å². The van der Waals surface area contributed by atoms with Crippen LogP contribution in [0.15, 0.2) is 29.2 Å². The van der Waals surface area contributed by atoms with Crippen LogP contribution < -0.4 is 10.6 Å². The van der Waals surface area contributed by atoms with Gasteiger partial charge in [0.15, 0.2) is 6.61 Å². The molecule has 0 bridgehead atoms. The van der Waals surface area contributed by atoms with Crippen molar-refractivity contribution in [3.8, 4) is 0 Å². The molecule has 2 N–H and O–H groups in total. The Morgan fingerprint density at radius 1 is 1.14 bits per heavy atom. The zero-order valence-electron chi connectivity index (χ0n) is 17.3. The number of hydrogen-bond donors (Lipinski definition) is 2. The lowest BCUT2D eigenvalue weighted by Crippen LogP contribution is -2.46. The molecule has 0 unspecified atom stereocenters. The minimum atomic E-state index is -1.07. The fourth-order valence-corrected chi connectivity index (χ4v) is 4.25. The van der Waals surface area contributed by atoms with Crippen molar-refractivity contribution in [1.82, 2.24) is 15.5 Å². The van der Waals surface area contributed by atoms with Gasteiger partial charge in [-0.1, -0.05) is 12.1 Å². The minimum Gasteiger partial charge on any atom is -0.452 e. The van der Waals surface area contributed by atoms with Gasteiger partial charge in [0.1, 0.15) is 5.54 Å². The van der Waals surface area contributed by atoms with E-state index < -0.39 is 23.4 Å². The Labute approximate surface area is 174 Å². The molecule has 0 spiro atoms. The Morgan fingerprint density at radius 2 is 1.76 bits per heavy atom. The van der Waals surface area contributed by atoms with Crippen LogP contribution in [0.25, 0.3) is 0 Å². The van der Waals surface area contributed by atoms with Crippen molar-refractivity contribution < 1.29 is 23.9 Å². The van der Waals surface area contributed by atoms with Gasteiger partial charge in [0.05, 0.1) is 5.56 Å². The molecule has 8 nitrogen and oxygen atoms in total. The van der Waals surface area contributed by atoms with E-state index in [2.05, 4.69) is 10.6 Å². The van der Waals surface area contributed by atoms with Crippen LogP contribution in [0.4, 0.5) is 4.79 Å². The standard InChI is InChI=1S/C20H27N3O5S/c1-12(2)23(13(3)4)16(24)10-28-17(25)14-8-6-7-9-15(14)29-11-20(5)18(26)21-19(27)22-20/h6-9,12-13H,10-11H2,1-5H3,(H2,21,22,26,27)/t20-/m0/s1. The second-order valence-corrected chi connectivity index (χ2v) is 8.61. The van der Waals surface area contributed by atoms with Crippen LogP contribution in [0.1, 0.15) is 45.0 Å². The summed E-state index contributed by atoms with van der Waals surface area (Å²) in [6.07, 6.45) is 0. The molecule has 1 atom stereocenters. The van der Waals surface area contributed by atoms with E-state index in [4.69, 9.17) is 4.74 Å². The first kappa shape index (κ1) is 22.7. The van der Waals surface area contributed by atoms with E-state index in [1.807, 2.05) is 27.7 Å².